The Kier molecular flexibility index (Phi) is 5.98. The molecule has 0 bridgehead atoms. The summed E-state index contributed by atoms with van der Waals surface area (Å²) >= 11 is 0. The van der Waals surface area contributed by atoms with Crippen molar-refractivity contribution in [2.75, 3.05) is 12.8 Å². The number of hydrogen-bond acceptors (Lipinski definition) is 3. The predicted octanol–water partition coefficient (Wildman–Crippen LogP) is 2.86. The Morgan fingerprint density at radius 3 is 2.57 bits per heavy atom. The zero-order valence-corrected chi connectivity index (χ0v) is 15.5. The Morgan fingerprint density at radius 1 is 1.17 bits per heavy atom. The molecule has 0 saturated heterocycles. The van der Waals surface area contributed by atoms with E-state index in [4.69, 9.17) is 0 Å². The van der Waals surface area contributed by atoms with Crippen LogP contribution in [0.2, 0.25) is 0 Å². The largest absolute Gasteiger partial charge is 0.338 e. The third-order valence-corrected chi connectivity index (χ3v) is 7.06. The van der Waals surface area contributed by atoms with E-state index in [0.717, 1.165) is 32.2 Å². The molecule has 2 rings (SSSR count). The highest BCUT2D eigenvalue weighted by atomic mass is 32.2. The first kappa shape index (κ1) is 18.6. The van der Waals surface area contributed by atoms with E-state index in [2.05, 4.69) is 24.5 Å². The molecule has 0 radical (unpaired) electrons. The van der Waals surface area contributed by atoms with E-state index in [1.54, 1.807) is 0 Å². The molecule has 6 heteroatoms. The zero-order chi connectivity index (χ0) is 17.1. The fraction of sp³-hybridized carbons (Fsp3) is 0.941. The Bertz CT molecular complexity index is 516. The lowest BCUT2D eigenvalue weighted by Crippen LogP contribution is -2.47. The molecule has 2 saturated carbocycles. The van der Waals surface area contributed by atoms with Gasteiger partial charge in [0, 0.05) is 18.8 Å². The number of rotatable bonds is 4. The van der Waals surface area contributed by atoms with Crippen LogP contribution in [0, 0.1) is 11.3 Å². The maximum absolute atomic E-state index is 12.1. The number of nitrogens with one attached hydrogen (secondary N) is 2. The first-order valence-corrected chi connectivity index (χ1v) is 10.8. The van der Waals surface area contributed by atoms with Crippen molar-refractivity contribution in [1.82, 2.24) is 10.6 Å². The fourth-order valence-corrected chi connectivity index (χ4v) is 5.34. The van der Waals surface area contributed by atoms with Crippen LogP contribution in [0.25, 0.3) is 0 Å². The number of urea groups is 1. The Labute approximate surface area is 140 Å². The number of sulfone groups is 1. The molecule has 3 atom stereocenters. The van der Waals surface area contributed by atoms with Crippen LogP contribution in [0.5, 0.6) is 0 Å². The van der Waals surface area contributed by atoms with Gasteiger partial charge in [0.2, 0.25) is 0 Å². The standard InChI is InChI=1S/C17H32N2O3S/c1-17(2)9-5-6-13(11-17)12-18-16(20)19-14-7-4-8-15(10-14)23(3,21)22/h13-15H,4-12H2,1-3H3,(H2,18,19,20). The second kappa shape index (κ2) is 7.41. The Balaban J connectivity index is 1.74. The van der Waals surface area contributed by atoms with E-state index < -0.39 is 9.84 Å². The third kappa shape index (κ3) is 5.98. The summed E-state index contributed by atoms with van der Waals surface area (Å²) in [6.45, 7) is 5.32. The molecule has 0 aromatic heterocycles. The molecule has 2 fully saturated rings. The Hall–Kier alpha value is -0.780. The van der Waals surface area contributed by atoms with E-state index in [0.29, 0.717) is 17.8 Å². The minimum Gasteiger partial charge on any atom is -0.338 e. The highest BCUT2D eigenvalue weighted by Gasteiger charge is 2.30. The number of carbonyl (C=O) groups excluding carboxylic acids is 1. The van der Waals surface area contributed by atoms with Gasteiger partial charge in [-0.2, -0.15) is 0 Å². The van der Waals surface area contributed by atoms with Crippen LogP contribution in [0.15, 0.2) is 0 Å². The quantitative estimate of drug-likeness (QED) is 0.823. The van der Waals surface area contributed by atoms with E-state index >= 15 is 0 Å². The lowest BCUT2D eigenvalue weighted by Gasteiger charge is -2.35. The number of amides is 2. The van der Waals surface area contributed by atoms with Gasteiger partial charge in [-0.15, -0.1) is 0 Å². The molecule has 0 aromatic rings. The van der Waals surface area contributed by atoms with Crippen LogP contribution in [0.4, 0.5) is 4.79 Å². The van der Waals surface area contributed by atoms with Crippen molar-refractivity contribution >= 4 is 15.9 Å². The summed E-state index contributed by atoms with van der Waals surface area (Å²) in [5, 5.41) is 5.65. The van der Waals surface area contributed by atoms with Gasteiger partial charge in [0.1, 0.15) is 9.84 Å². The fourth-order valence-electron chi connectivity index (χ4n) is 4.17. The van der Waals surface area contributed by atoms with Gasteiger partial charge in [0.25, 0.3) is 0 Å². The summed E-state index contributed by atoms with van der Waals surface area (Å²) in [5.41, 5.74) is 0.382. The molecule has 23 heavy (non-hydrogen) atoms. The summed E-state index contributed by atoms with van der Waals surface area (Å²) in [7, 11) is -3.01. The molecule has 0 heterocycles. The van der Waals surface area contributed by atoms with E-state index in [9.17, 15) is 13.2 Å². The SMILES string of the molecule is CC1(C)CCCC(CNC(=O)NC2CCCC(S(C)(=O)=O)C2)C1. The average molecular weight is 345 g/mol. The number of hydrogen-bond donors (Lipinski definition) is 2. The van der Waals surface area contributed by atoms with Crippen LogP contribution in [-0.4, -0.2) is 38.5 Å². The summed E-state index contributed by atoms with van der Waals surface area (Å²) < 4.78 is 23.4. The normalized spacial score (nSPS) is 31.3. The topological polar surface area (TPSA) is 75.3 Å². The highest BCUT2D eigenvalue weighted by molar-refractivity contribution is 7.91. The molecule has 2 aliphatic rings. The van der Waals surface area contributed by atoms with Crippen molar-refractivity contribution in [3.63, 3.8) is 0 Å². The van der Waals surface area contributed by atoms with Gasteiger partial charge in [-0.3, -0.25) is 0 Å². The van der Waals surface area contributed by atoms with Crippen LogP contribution in [0.3, 0.4) is 0 Å². The van der Waals surface area contributed by atoms with Crippen molar-refractivity contribution in [3.8, 4) is 0 Å². The van der Waals surface area contributed by atoms with E-state index in [-0.39, 0.29) is 17.3 Å². The molecule has 2 aliphatic carbocycles. The number of carbonyl (C=O) groups is 1. The van der Waals surface area contributed by atoms with Crippen molar-refractivity contribution in [2.24, 2.45) is 11.3 Å². The van der Waals surface area contributed by atoms with E-state index in [1.807, 2.05) is 0 Å². The summed E-state index contributed by atoms with van der Waals surface area (Å²) in [4.78, 5) is 12.1. The third-order valence-electron chi connectivity index (χ3n) is 5.43. The van der Waals surface area contributed by atoms with Crippen molar-refractivity contribution in [2.45, 2.75) is 76.5 Å². The molecular formula is C17H32N2O3S. The first-order valence-electron chi connectivity index (χ1n) is 8.89. The van der Waals surface area contributed by atoms with Gasteiger partial charge < -0.3 is 10.6 Å². The molecule has 0 aromatic carbocycles. The maximum Gasteiger partial charge on any atom is 0.315 e. The molecule has 134 valence electrons. The van der Waals surface area contributed by atoms with E-state index in [1.165, 1.54) is 25.5 Å². The van der Waals surface area contributed by atoms with Gasteiger partial charge in [-0.05, 0) is 49.9 Å². The highest BCUT2D eigenvalue weighted by Crippen LogP contribution is 2.38. The minimum absolute atomic E-state index is 0.0220. The second-order valence-electron chi connectivity index (χ2n) is 8.30. The van der Waals surface area contributed by atoms with Crippen LogP contribution < -0.4 is 10.6 Å². The van der Waals surface area contributed by atoms with Gasteiger partial charge in [0.15, 0.2) is 0 Å². The molecule has 0 aliphatic heterocycles. The minimum atomic E-state index is -3.01. The van der Waals surface area contributed by atoms with Gasteiger partial charge in [-0.1, -0.05) is 26.7 Å². The lowest BCUT2D eigenvalue weighted by molar-refractivity contribution is 0.175. The zero-order valence-electron chi connectivity index (χ0n) is 14.7. The van der Waals surface area contributed by atoms with Crippen molar-refractivity contribution < 1.29 is 13.2 Å². The maximum atomic E-state index is 12.1. The molecule has 2 amide bonds. The van der Waals surface area contributed by atoms with Crippen LogP contribution in [0.1, 0.15) is 65.2 Å². The van der Waals surface area contributed by atoms with Gasteiger partial charge in [0.05, 0.1) is 5.25 Å². The second-order valence-corrected chi connectivity index (χ2v) is 10.6. The van der Waals surface area contributed by atoms with Gasteiger partial charge in [-0.25, -0.2) is 13.2 Å². The monoisotopic (exact) mass is 344 g/mol. The molecule has 5 nitrogen and oxygen atoms in total. The summed E-state index contributed by atoms with van der Waals surface area (Å²) in [6.07, 6.45) is 9.14. The smallest absolute Gasteiger partial charge is 0.315 e. The molecule has 0 spiro atoms. The summed E-state index contributed by atoms with van der Waals surface area (Å²) in [6, 6.07) is -0.168. The predicted molar refractivity (Wildman–Crippen MR) is 93.2 cm³/mol. The van der Waals surface area contributed by atoms with Crippen molar-refractivity contribution in [3.05, 3.63) is 0 Å². The van der Waals surface area contributed by atoms with Crippen LogP contribution >= 0.6 is 0 Å². The molecule has 2 N–H and O–H groups in total. The first-order chi connectivity index (χ1) is 10.7. The van der Waals surface area contributed by atoms with Crippen LogP contribution in [-0.2, 0) is 9.84 Å². The van der Waals surface area contributed by atoms with Crippen molar-refractivity contribution in [1.29, 1.82) is 0 Å². The average Bonchev–Trinajstić information content (AvgIpc) is 2.43. The molecular weight excluding hydrogens is 312 g/mol. The molecule has 3 unspecified atom stereocenters. The van der Waals surface area contributed by atoms with Gasteiger partial charge >= 0.3 is 6.03 Å². The summed E-state index contributed by atoms with van der Waals surface area (Å²) in [5.74, 6) is 0.555. The lowest BCUT2D eigenvalue weighted by atomic mass is 9.72. The Morgan fingerprint density at radius 2 is 1.91 bits per heavy atom.